The average Bonchev–Trinajstić information content (AvgIpc) is 2.25. The molecule has 95 valence electrons. The third-order valence-corrected chi connectivity index (χ3v) is 1.68. The van der Waals surface area contributed by atoms with Crippen molar-refractivity contribution in [2.45, 2.75) is 34.6 Å². The number of hydrogen-bond acceptors (Lipinski definition) is 3. The molecule has 0 aliphatic carbocycles. The molecule has 0 aliphatic heterocycles. The Morgan fingerprint density at radius 3 is 2.25 bits per heavy atom. The van der Waals surface area contributed by atoms with Gasteiger partial charge in [0.15, 0.2) is 0 Å². The van der Waals surface area contributed by atoms with E-state index in [1.165, 1.54) is 0 Å². The number of aliphatic hydroxyl groups is 1. The first kappa shape index (κ1) is 21.7. The predicted molar refractivity (Wildman–Crippen MR) is 61.7 cm³/mol. The van der Waals surface area contributed by atoms with Crippen LogP contribution in [0.1, 0.15) is 34.6 Å². The van der Waals surface area contributed by atoms with Gasteiger partial charge in [0.25, 0.3) is 0 Å². The molecule has 4 nitrogen and oxygen atoms in total. The quantitative estimate of drug-likeness (QED) is 0.775. The number of carbonyl (C=O) groups is 1. The van der Waals surface area contributed by atoms with Crippen molar-refractivity contribution in [3.63, 3.8) is 0 Å². The van der Waals surface area contributed by atoms with Crippen molar-refractivity contribution < 1.29 is 47.3 Å². The maximum absolute atomic E-state index is 11.4. The van der Waals surface area contributed by atoms with Crippen LogP contribution >= 0.6 is 0 Å². The molecule has 0 spiro atoms. The molecule has 0 atom stereocenters. The summed E-state index contributed by atoms with van der Waals surface area (Å²) in [6.45, 7) is 10.8. The molecule has 0 rings (SSSR count). The van der Waals surface area contributed by atoms with Crippen LogP contribution in [-0.4, -0.2) is 37.4 Å². The van der Waals surface area contributed by atoms with E-state index in [0.717, 1.165) is 0 Å². The first-order chi connectivity index (χ1) is 7.04. The fourth-order valence-electron chi connectivity index (χ4n) is 0.831. The van der Waals surface area contributed by atoms with Crippen molar-refractivity contribution in [1.82, 2.24) is 5.32 Å². The zero-order valence-corrected chi connectivity index (χ0v) is 14.0. The third kappa shape index (κ3) is 11.0. The monoisotopic (exact) mass is 308 g/mol. The Hall–Kier alpha value is 0.494. The maximum Gasteiger partial charge on any atom is 0.228 e. The molecular weight excluding hydrogens is 283 g/mol. The van der Waals surface area contributed by atoms with Crippen LogP contribution in [-0.2, 0) is 42.2 Å². The van der Waals surface area contributed by atoms with Gasteiger partial charge < -0.3 is 15.2 Å². The van der Waals surface area contributed by atoms with Crippen LogP contribution in [0, 0.1) is 5.41 Å². The molecule has 0 aliphatic rings. The van der Waals surface area contributed by atoms with Crippen LogP contribution in [0.5, 0.6) is 0 Å². The molecule has 0 bridgehead atoms. The molecule has 16 heavy (non-hydrogen) atoms. The minimum Gasteiger partial charge on any atom is -0.395 e. The summed E-state index contributed by atoms with van der Waals surface area (Å²) in [5.41, 5.74) is -0.523. The van der Waals surface area contributed by atoms with E-state index in [1.807, 2.05) is 34.6 Å². The molecule has 0 aromatic carbocycles. The van der Waals surface area contributed by atoms with Gasteiger partial charge >= 0.3 is 0 Å². The van der Waals surface area contributed by atoms with Gasteiger partial charge in [-0.3, -0.25) is 4.79 Å². The summed E-state index contributed by atoms with van der Waals surface area (Å²) in [4.78, 5) is 11.4. The molecule has 0 aromatic heterocycles. The number of carbonyl (C=O) groups excluding carboxylic acids is 1. The maximum atomic E-state index is 11.4. The van der Waals surface area contributed by atoms with Gasteiger partial charge in [-0.2, -0.15) is 0 Å². The number of amides is 1. The van der Waals surface area contributed by atoms with Crippen LogP contribution in [0.25, 0.3) is 0 Å². The number of hydrogen-bond donors (Lipinski definition) is 2. The largest absolute Gasteiger partial charge is 0.395 e. The molecule has 0 saturated carbocycles. The smallest absolute Gasteiger partial charge is 0.228 e. The van der Waals surface area contributed by atoms with E-state index in [2.05, 4.69) is 5.32 Å². The minimum atomic E-state index is -0.523. The van der Waals surface area contributed by atoms with Gasteiger partial charge in [-0.15, -0.1) is 0 Å². The summed E-state index contributed by atoms with van der Waals surface area (Å²) in [5.74, 6) is -0.0880. The van der Waals surface area contributed by atoms with Crippen molar-refractivity contribution in [2.24, 2.45) is 5.41 Å². The average molecular weight is 308 g/mol. The van der Waals surface area contributed by atoms with Crippen molar-refractivity contribution in [3.05, 3.63) is 0 Å². The second-order valence-electron chi connectivity index (χ2n) is 3.50. The zero-order chi connectivity index (χ0) is 12.3. The van der Waals surface area contributed by atoms with Gasteiger partial charge in [0, 0.05) is 45.9 Å². The van der Waals surface area contributed by atoms with Gasteiger partial charge in [0.1, 0.15) is 0 Å². The van der Waals surface area contributed by atoms with Crippen LogP contribution in [0.15, 0.2) is 0 Å². The van der Waals surface area contributed by atoms with Gasteiger partial charge in [-0.1, -0.05) is 13.8 Å². The molecule has 2 N–H and O–H groups in total. The Morgan fingerprint density at radius 1 is 1.38 bits per heavy atom. The van der Waals surface area contributed by atoms with E-state index >= 15 is 0 Å². The summed E-state index contributed by atoms with van der Waals surface area (Å²) >= 11 is 0. The first-order valence-electron chi connectivity index (χ1n) is 5.51. The van der Waals surface area contributed by atoms with Crippen LogP contribution < -0.4 is 5.32 Å². The number of ether oxygens (including phenoxy) is 1. The second kappa shape index (κ2) is 13.6. The van der Waals surface area contributed by atoms with E-state index < -0.39 is 5.41 Å². The van der Waals surface area contributed by atoms with Crippen molar-refractivity contribution in [2.75, 3.05) is 26.4 Å². The Bertz CT molecular complexity index is 163. The third-order valence-electron chi connectivity index (χ3n) is 1.68. The van der Waals surface area contributed by atoms with Crippen LogP contribution in [0.3, 0.4) is 0 Å². The number of nitrogens with one attached hydrogen (secondary N) is 1. The standard InChI is InChI=1S/C9H19NO3.C2H6.Y/c1-4-13-7-9(2,3)8(12)10-5-6-11;1-2;/h11H,4-7H2,1-3H3,(H,10,12);1-2H3;. The summed E-state index contributed by atoms with van der Waals surface area (Å²) < 4.78 is 5.18. The summed E-state index contributed by atoms with van der Waals surface area (Å²) in [6.07, 6.45) is 0. The number of aliphatic hydroxyl groups excluding tert-OH is 1. The first-order valence-corrected chi connectivity index (χ1v) is 5.51. The van der Waals surface area contributed by atoms with E-state index in [1.54, 1.807) is 0 Å². The summed E-state index contributed by atoms with van der Waals surface area (Å²) in [7, 11) is 0. The molecular formula is C11H25NO3Y. The topological polar surface area (TPSA) is 58.6 Å². The predicted octanol–water partition coefficient (Wildman–Crippen LogP) is 1.18. The van der Waals surface area contributed by atoms with E-state index in [9.17, 15) is 4.79 Å². The van der Waals surface area contributed by atoms with Gasteiger partial charge in [-0.25, -0.2) is 0 Å². The molecule has 0 heterocycles. The van der Waals surface area contributed by atoms with E-state index in [-0.39, 0.29) is 45.2 Å². The summed E-state index contributed by atoms with van der Waals surface area (Å²) in [5, 5.41) is 11.1. The fraction of sp³-hybridized carbons (Fsp3) is 0.909. The normalized spacial score (nSPS) is 9.62. The Labute approximate surface area is 124 Å². The molecule has 0 fully saturated rings. The molecule has 0 unspecified atom stereocenters. The van der Waals surface area contributed by atoms with Crippen molar-refractivity contribution in [3.8, 4) is 0 Å². The molecule has 1 radical (unpaired) electrons. The van der Waals surface area contributed by atoms with Crippen molar-refractivity contribution in [1.29, 1.82) is 0 Å². The Morgan fingerprint density at radius 2 is 1.88 bits per heavy atom. The van der Waals surface area contributed by atoms with Crippen molar-refractivity contribution >= 4 is 5.91 Å². The Balaban J connectivity index is -0.000000529. The van der Waals surface area contributed by atoms with Gasteiger partial charge in [0.05, 0.1) is 18.6 Å². The molecule has 0 aromatic rings. The van der Waals surface area contributed by atoms with E-state index in [0.29, 0.717) is 19.8 Å². The fourth-order valence-corrected chi connectivity index (χ4v) is 0.831. The molecule has 0 saturated heterocycles. The van der Waals surface area contributed by atoms with Crippen LogP contribution in [0.2, 0.25) is 0 Å². The molecule has 1 amide bonds. The van der Waals surface area contributed by atoms with Gasteiger partial charge in [0.2, 0.25) is 5.91 Å². The Kier molecular flexibility index (Phi) is 18.4. The number of rotatable bonds is 6. The SMILES string of the molecule is CC.CCOCC(C)(C)C(=O)NCCO.[Y]. The van der Waals surface area contributed by atoms with E-state index in [4.69, 9.17) is 9.84 Å². The van der Waals surface area contributed by atoms with Crippen LogP contribution in [0.4, 0.5) is 0 Å². The zero-order valence-electron chi connectivity index (χ0n) is 11.2. The minimum absolute atomic E-state index is 0. The second-order valence-corrected chi connectivity index (χ2v) is 3.50. The summed E-state index contributed by atoms with van der Waals surface area (Å²) in [6, 6.07) is 0. The molecule has 5 heteroatoms. The van der Waals surface area contributed by atoms with Gasteiger partial charge in [-0.05, 0) is 20.8 Å².